The summed E-state index contributed by atoms with van der Waals surface area (Å²) in [5.74, 6) is -0.00957. The molecule has 2 amide bonds. The van der Waals surface area contributed by atoms with Crippen LogP contribution in [0, 0.1) is 23.0 Å². The molecule has 0 atom stereocenters. The van der Waals surface area contributed by atoms with Crippen LogP contribution in [0.2, 0.25) is 0 Å². The van der Waals surface area contributed by atoms with Gasteiger partial charge in [0.1, 0.15) is 41.6 Å². The van der Waals surface area contributed by atoms with Crippen LogP contribution in [-0.4, -0.2) is 23.5 Å². The predicted octanol–water partition coefficient (Wildman–Crippen LogP) is 6.44. The second-order valence-corrected chi connectivity index (χ2v) is 7.53. The number of fused-ring (bicyclic) bond motifs is 1. The summed E-state index contributed by atoms with van der Waals surface area (Å²) < 4.78 is 38.2. The summed E-state index contributed by atoms with van der Waals surface area (Å²) in [6.07, 6.45) is 1.57. The molecular weight excluding hydrogens is 478 g/mol. The molecule has 2 N–H and O–H groups in total. The zero-order valence-corrected chi connectivity index (χ0v) is 18.8. The highest BCUT2D eigenvalue weighted by atomic mass is 35.5. The number of pyridine rings is 1. The minimum Gasteiger partial charge on any atom is -0.491 e. The van der Waals surface area contributed by atoms with E-state index in [0.717, 1.165) is 12.1 Å². The number of alkyl halides is 1. The summed E-state index contributed by atoms with van der Waals surface area (Å²) in [6.45, 7) is 0.259. The smallest absolute Gasteiger partial charge is 0.323 e. The monoisotopic (exact) mass is 494 g/mol. The number of carbonyl (C=O) groups excluding carboxylic acids is 1. The molecule has 1 aromatic heterocycles. The van der Waals surface area contributed by atoms with Gasteiger partial charge in [0.2, 0.25) is 0 Å². The maximum Gasteiger partial charge on any atom is 0.323 e. The van der Waals surface area contributed by atoms with Gasteiger partial charge in [-0.05, 0) is 48.5 Å². The van der Waals surface area contributed by atoms with Gasteiger partial charge in [-0.2, -0.15) is 5.26 Å². The second-order valence-electron chi connectivity index (χ2n) is 7.15. The van der Waals surface area contributed by atoms with Crippen LogP contribution < -0.4 is 20.1 Å². The van der Waals surface area contributed by atoms with Crippen molar-refractivity contribution in [3.05, 3.63) is 84.1 Å². The largest absolute Gasteiger partial charge is 0.491 e. The topological polar surface area (TPSA) is 96.3 Å². The Morgan fingerprint density at radius 1 is 1.03 bits per heavy atom. The third-order valence-electron chi connectivity index (χ3n) is 4.78. The highest BCUT2D eigenvalue weighted by Crippen LogP contribution is 2.33. The summed E-state index contributed by atoms with van der Waals surface area (Å²) in [5, 5.41) is 15.0. The van der Waals surface area contributed by atoms with Crippen molar-refractivity contribution in [2.75, 3.05) is 23.1 Å². The average molecular weight is 495 g/mol. The Morgan fingerprint density at radius 3 is 2.54 bits per heavy atom. The normalized spacial score (nSPS) is 10.5. The van der Waals surface area contributed by atoms with Crippen molar-refractivity contribution in [3.63, 3.8) is 0 Å². The third-order valence-corrected chi connectivity index (χ3v) is 4.93. The van der Waals surface area contributed by atoms with Crippen molar-refractivity contribution in [1.82, 2.24) is 4.98 Å². The van der Waals surface area contributed by atoms with Crippen molar-refractivity contribution >= 4 is 39.9 Å². The van der Waals surface area contributed by atoms with Crippen molar-refractivity contribution < 1.29 is 23.0 Å². The Hall–Kier alpha value is -4.42. The van der Waals surface area contributed by atoms with Gasteiger partial charge in [0.15, 0.2) is 0 Å². The number of aromatic nitrogens is 1. The van der Waals surface area contributed by atoms with E-state index < -0.39 is 17.7 Å². The number of anilines is 2. The van der Waals surface area contributed by atoms with Crippen LogP contribution in [0.1, 0.15) is 5.56 Å². The molecule has 0 aliphatic carbocycles. The molecule has 4 rings (SSSR count). The maximum absolute atomic E-state index is 13.7. The Balaban J connectivity index is 1.47. The van der Waals surface area contributed by atoms with Gasteiger partial charge in [0.05, 0.1) is 22.6 Å². The van der Waals surface area contributed by atoms with Gasteiger partial charge in [-0.3, -0.25) is 4.98 Å². The van der Waals surface area contributed by atoms with Crippen LogP contribution in [0.3, 0.4) is 0 Å². The van der Waals surface area contributed by atoms with E-state index in [-0.39, 0.29) is 18.2 Å². The molecule has 0 unspecified atom stereocenters. The van der Waals surface area contributed by atoms with E-state index >= 15 is 0 Å². The number of benzene rings is 3. The zero-order chi connectivity index (χ0) is 24.8. The highest BCUT2D eigenvalue weighted by molar-refractivity contribution is 6.18. The number of hydrogen-bond donors (Lipinski definition) is 2. The summed E-state index contributed by atoms with van der Waals surface area (Å²) in [5.41, 5.74) is 1.17. The van der Waals surface area contributed by atoms with E-state index in [4.69, 9.17) is 21.1 Å². The number of halogens is 3. The fraction of sp³-hybridized carbons (Fsp3) is 0.0800. The number of hydrogen-bond acceptors (Lipinski definition) is 5. The zero-order valence-electron chi connectivity index (χ0n) is 18.0. The van der Waals surface area contributed by atoms with E-state index in [1.54, 1.807) is 48.7 Å². The number of urea groups is 1. The van der Waals surface area contributed by atoms with E-state index in [9.17, 15) is 18.8 Å². The van der Waals surface area contributed by atoms with Crippen LogP contribution in [0.5, 0.6) is 17.2 Å². The molecule has 0 aliphatic heterocycles. The first-order chi connectivity index (χ1) is 17.0. The summed E-state index contributed by atoms with van der Waals surface area (Å²) in [6, 6.07) is 15.7. The van der Waals surface area contributed by atoms with E-state index in [2.05, 4.69) is 21.7 Å². The maximum atomic E-state index is 13.7. The molecule has 10 heteroatoms. The molecule has 4 aromatic rings. The lowest BCUT2D eigenvalue weighted by atomic mass is 10.1. The minimum absolute atomic E-state index is 0.152. The number of rotatable bonds is 7. The SMILES string of the molecule is N#Cc1cc2c(Oc3ccc(NC(=O)Nc4ccc(F)cc4F)cc3)ccnc2cc1OCCCl. The second kappa shape index (κ2) is 10.7. The fourth-order valence-electron chi connectivity index (χ4n) is 3.20. The summed E-state index contributed by atoms with van der Waals surface area (Å²) >= 11 is 5.67. The number of nitriles is 1. The van der Waals surface area contributed by atoms with Gasteiger partial charge in [0.25, 0.3) is 0 Å². The standard InChI is InChI=1S/C25H17ClF2N4O3/c26-8-10-34-24-13-22-19(11-15(24)14-29)23(7-9-30-22)35-18-4-2-17(3-5-18)31-25(33)32-21-6-1-16(27)12-20(21)28/h1-7,9,11-13H,8,10H2,(H2,31,32,33). The highest BCUT2D eigenvalue weighted by Gasteiger charge is 2.12. The molecule has 0 fully saturated rings. The molecule has 176 valence electrons. The van der Waals surface area contributed by atoms with Gasteiger partial charge in [-0.15, -0.1) is 11.6 Å². The number of carbonyl (C=O) groups is 1. The van der Waals surface area contributed by atoms with Crippen LogP contribution in [0.25, 0.3) is 10.9 Å². The lowest BCUT2D eigenvalue weighted by molar-refractivity contribution is 0.262. The number of ether oxygens (including phenoxy) is 2. The van der Waals surface area contributed by atoms with E-state index in [1.165, 1.54) is 0 Å². The third kappa shape index (κ3) is 5.75. The fourth-order valence-corrected chi connectivity index (χ4v) is 3.28. The lowest BCUT2D eigenvalue weighted by Crippen LogP contribution is -2.20. The molecule has 3 aromatic carbocycles. The van der Waals surface area contributed by atoms with Crippen LogP contribution in [-0.2, 0) is 0 Å². The summed E-state index contributed by atoms with van der Waals surface area (Å²) in [4.78, 5) is 16.4. The molecule has 0 aliphatic rings. The van der Waals surface area contributed by atoms with Crippen LogP contribution in [0.15, 0.2) is 66.9 Å². The molecule has 1 heterocycles. The van der Waals surface area contributed by atoms with Gasteiger partial charge >= 0.3 is 6.03 Å². The van der Waals surface area contributed by atoms with E-state index in [0.29, 0.717) is 45.5 Å². The van der Waals surface area contributed by atoms with Gasteiger partial charge in [-0.25, -0.2) is 13.6 Å². The number of nitrogens with zero attached hydrogens (tertiary/aromatic N) is 2. The average Bonchev–Trinajstić information content (AvgIpc) is 2.85. The van der Waals surface area contributed by atoms with Crippen molar-refractivity contribution in [2.45, 2.75) is 0 Å². The lowest BCUT2D eigenvalue weighted by Gasteiger charge is -2.12. The molecule has 0 saturated heterocycles. The van der Waals surface area contributed by atoms with E-state index in [1.807, 2.05) is 0 Å². The Bertz CT molecular complexity index is 1430. The predicted molar refractivity (Wildman–Crippen MR) is 128 cm³/mol. The quantitative estimate of drug-likeness (QED) is 0.288. The Labute approximate surface area is 203 Å². The van der Waals surface area contributed by atoms with Gasteiger partial charge in [0, 0.05) is 29.4 Å². The molecule has 0 saturated carbocycles. The minimum atomic E-state index is -0.884. The molecule has 0 spiro atoms. The summed E-state index contributed by atoms with van der Waals surface area (Å²) in [7, 11) is 0. The van der Waals surface area contributed by atoms with Crippen LogP contribution in [0.4, 0.5) is 25.0 Å². The van der Waals surface area contributed by atoms with Crippen molar-refractivity contribution in [3.8, 4) is 23.3 Å². The van der Waals surface area contributed by atoms with Crippen molar-refractivity contribution in [1.29, 1.82) is 5.26 Å². The Kier molecular flexibility index (Phi) is 7.24. The first-order valence-electron chi connectivity index (χ1n) is 10.3. The number of amides is 2. The molecule has 0 radical (unpaired) electrons. The number of nitrogens with one attached hydrogen (secondary N) is 2. The Morgan fingerprint density at radius 2 is 1.83 bits per heavy atom. The molecule has 0 bridgehead atoms. The first kappa shape index (κ1) is 23.7. The first-order valence-corrected chi connectivity index (χ1v) is 10.8. The molecular formula is C25H17ClF2N4O3. The van der Waals surface area contributed by atoms with Gasteiger partial charge < -0.3 is 20.1 Å². The van der Waals surface area contributed by atoms with Crippen molar-refractivity contribution in [2.24, 2.45) is 0 Å². The molecule has 7 nitrogen and oxygen atoms in total. The van der Waals surface area contributed by atoms with Gasteiger partial charge in [-0.1, -0.05) is 0 Å². The molecule has 35 heavy (non-hydrogen) atoms. The van der Waals surface area contributed by atoms with Crippen LogP contribution >= 0.6 is 11.6 Å².